The van der Waals surface area contributed by atoms with Crippen molar-refractivity contribution in [2.45, 2.75) is 30.5 Å². The molecule has 0 spiro atoms. The van der Waals surface area contributed by atoms with E-state index in [1.807, 2.05) is 0 Å². The molecule has 0 saturated heterocycles. The number of halogens is 4. The summed E-state index contributed by atoms with van der Waals surface area (Å²) in [6.07, 6.45) is -4.69. The maximum atomic E-state index is 13.0. The number of benzene rings is 2. The molecule has 146 valence electrons. The molecule has 27 heavy (non-hydrogen) atoms. The number of hydrogen-bond acceptors (Lipinski definition) is 3. The van der Waals surface area contributed by atoms with Gasteiger partial charge >= 0.3 is 6.18 Å². The summed E-state index contributed by atoms with van der Waals surface area (Å²) in [6, 6.07) is 6.96. The first kappa shape index (κ1) is 20.8. The lowest BCUT2D eigenvalue weighted by Gasteiger charge is -2.19. The van der Waals surface area contributed by atoms with Crippen LogP contribution in [0.1, 0.15) is 18.9 Å². The smallest absolute Gasteiger partial charge is 0.324 e. The first-order valence-corrected chi connectivity index (χ1v) is 9.28. The van der Waals surface area contributed by atoms with Crippen LogP contribution in [-0.2, 0) is 21.0 Å². The Morgan fingerprint density at radius 2 is 1.67 bits per heavy atom. The lowest BCUT2D eigenvalue weighted by atomic mass is 10.1. The van der Waals surface area contributed by atoms with Gasteiger partial charge in [-0.3, -0.25) is 4.79 Å². The third-order valence-electron chi connectivity index (χ3n) is 3.64. The second kappa shape index (κ2) is 8.05. The summed E-state index contributed by atoms with van der Waals surface area (Å²) in [4.78, 5) is 12.0. The molecule has 2 aromatic rings. The van der Waals surface area contributed by atoms with Crippen molar-refractivity contribution in [2.75, 3.05) is 5.32 Å². The van der Waals surface area contributed by atoms with Gasteiger partial charge in [0.25, 0.3) is 0 Å². The number of hydrogen-bond donors (Lipinski definition) is 2. The van der Waals surface area contributed by atoms with E-state index in [0.29, 0.717) is 0 Å². The van der Waals surface area contributed by atoms with E-state index in [1.54, 1.807) is 0 Å². The van der Waals surface area contributed by atoms with Gasteiger partial charge < -0.3 is 5.32 Å². The topological polar surface area (TPSA) is 75.3 Å². The standard InChI is InChI=1S/C17H16F4N2O3S/c1-2-14(23-27(25,26)12-9-7-11(18)8-10-12)16(24)22-15-6-4-3-5-13(15)17(19,20)21/h3-10,14,23H,2H2,1H3,(H,22,24). The van der Waals surface area contributed by atoms with Crippen molar-refractivity contribution in [1.82, 2.24) is 4.72 Å². The fourth-order valence-electron chi connectivity index (χ4n) is 2.25. The third kappa shape index (κ3) is 5.27. The Morgan fingerprint density at radius 3 is 2.22 bits per heavy atom. The number of alkyl halides is 3. The highest BCUT2D eigenvalue weighted by atomic mass is 32.2. The number of rotatable bonds is 6. The molecule has 0 aromatic heterocycles. The van der Waals surface area contributed by atoms with Crippen molar-refractivity contribution in [3.8, 4) is 0 Å². The molecule has 10 heteroatoms. The SMILES string of the molecule is CCC(NS(=O)(=O)c1ccc(F)cc1)C(=O)Nc1ccccc1C(F)(F)F. The van der Waals surface area contributed by atoms with E-state index in [4.69, 9.17) is 0 Å². The molecule has 1 unspecified atom stereocenters. The molecule has 0 saturated carbocycles. The summed E-state index contributed by atoms with van der Waals surface area (Å²) in [5.41, 5.74) is -1.52. The zero-order valence-corrected chi connectivity index (χ0v) is 14.9. The van der Waals surface area contributed by atoms with Gasteiger partial charge in [-0.2, -0.15) is 17.9 Å². The number of carbonyl (C=O) groups is 1. The van der Waals surface area contributed by atoms with Crippen LogP contribution in [0.2, 0.25) is 0 Å². The fourth-order valence-corrected chi connectivity index (χ4v) is 3.53. The van der Waals surface area contributed by atoms with E-state index in [9.17, 15) is 30.8 Å². The molecule has 2 N–H and O–H groups in total. The molecule has 0 bridgehead atoms. The normalized spacial score (nSPS) is 13.2. The lowest BCUT2D eigenvalue weighted by molar-refractivity contribution is -0.137. The van der Waals surface area contributed by atoms with Gasteiger partial charge in [0, 0.05) is 0 Å². The van der Waals surface area contributed by atoms with E-state index in [1.165, 1.54) is 19.1 Å². The number of nitrogens with one attached hydrogen (secondary N) is 2. The summed E-state index contributed by atoms with van der Waals surface area (Å²) in [7, 11) is -4.16. The van der Waals surface area contributed by atoms with Crippen LogP contribution in [0.3, 0.4) is 0 Å². The van der Waals surface area contributed by atoms with Gasteiger partial charge in [-0.1, -0.05) is 19.1 Å². The average molecular weight is 404 g/mol. The summed E-state index contributed by atoms with van der Waals surface area (Å²) >= 11 is 0. The number of anilines is 1. The minimum absolute atomic E-state index is 0.0134. The Kier molecular flexibility index (Phi) is 6.22. The van der Waals surface area contributed by atoms with Crippen molar-refractivity contribution in [3.05, 3.63) is 59.9 Å². The molecule has 2 aromatic carbocycles. The molecular weight excluding hydrogens is 388 g/mol. The van der Waals surface area contributed by atoms with Crippen LogP contribution < -0.4 is 10.0 Å². The van der Waals surface area contributed by atoms with Crippen LogP contribution in [0, 0.1) is 5.82 Å². The predicted molar refractivity (Wildman–Crippen MR) is 90.9 cm³/mol. The van der Waals surface area contributed by atoms with Gasteiger partial charge in [0.05, 0.1) is 16.1 Å². The average Bonchev–Trinajstić information content (AvgIpc) is 2.59. The largest absolute Gasteiger partial charge is 0.418 e. The zero-order valence-electron chi connectivity index (χ0n) is 14.0. The van der Waals surface area contributed by atoms with Crippen LogP contribution in [0.5, 0.6) is 0 Å². The molecule has 0 aliphatic carbocycles. The Balaban J connectivity index is 2.21. The van der Waals surface area contributed by atoms with Gasteiger partial charge in [0.15, 0.2) is 0 Å². The third-order valence-corrected chi connectivity index (χ3v) is 5.12. The van der Waals surface area contributed by atoms with Crippen molar-refractivity contribution >= 4 is 21.6 Å². The van der Waals surface area contributed by atoms with Crippen LogP contribution in [0.4, 0.5) is 23.2 Å². The van der Waals surface area contributed by atoms with E-state index < -0.39 is 45.2 Å². The van der Waals surface area contributed by atoms with Gasteiger partial charge in [-0.05, 0) is 42.8 Å². The molecule has 5 nitrogen and oxygen atoms in total. The lowest BCUT2D eigenvalue weighted by Crippen LogP contribution is -2.43. The molecule has 0 heterocycles. The van der Waals surface area contributed by atoms with Crippen LogP contribution in [0.15, 0.2) is 53.4 Å². The summed E-state index contributed by atoms with van der Waals surface area (Å²) in [5.74, 6) is -1.58. The summed E-state index contributed by atoms with van der Waals surface area (Å²) in [5, 5.41) is 2.11. The summed E-state index contributed by atoms with van der Waals surface area (Å²) < 4.78 is 78.7. The monoisotopic (exact) mass is 404 g/mol. The highest BCUT2D eigenvalue weighted by molar-refractivity contribution is 7.89. The zero-order chi connectivity index (χ0) is 20.2. The molecule has 0 aliphatic rings. The molecular formula is C17H16F4N2O3S. The highest BCUT2D eigenvalue weighted by Gasteiger charge is 2.34. The number of sulfonamides is 1. The Morgan fingerprint density at radius 1 is 1.07 bits per heavy atom. The molecule has 0 radical (unpaired) electrons. The van der Waals surface area contributed by atoms with Crippen LogP contribution in [-0.4, -0.2) is 20.4 Å². The van der Waals surface area contributed by atoms with Gasteiger partial charge in [0.1, 0.15) is 11.9 Å². The maximum Gasteiger partial charge on any atom is 0.418 e. The number of amides is 1. The Hall–Kier alpha value is -2.46. The molecule has 0 fully saturated rings. The quantitative estimate of drug-likeness (QED) is 0.724. The maximum absolute atomic E-state index is 13.0. The van der Waals surface area contributed by atoms with Crippen molar-refractivity contribution in [2.24, 2.45) is 0 Å². The predicted octanol–water partition coefficient (Wildman–Crippen LogP) is 3.54. The van der Waals surface area contributed by atoms with Crippen molar-refractivity contribution in [1.29, 1.82) is 0 Å². The van der Waals surface area contributed by atoms with Gasteiger partial charge in [-0.25, -0.2) is 12.8 Å². The minimum atomic E-state index is -4.68. The number of para-hydroxylation sites is 1. The van der Waals surface area contributed by atoms with Crippen LogP contribution >= 0.6 is 0 Å². The first-order valence-electron chi connectivity index (χ1n) is 7.79. The molecule has 2 rings (SSSR count). The van der Waals surface area contributed by atoms with E-state index in [2.05, 4.69) is 10.0 Å². The van der Waals surface area contributed by atoms with E-state index in [0.717, 1.165) is 36.4 Å². The van der Waals surface area contributed by atoms with E-state index >= 15 is 0 Å². The number of carbonyl (C=O) groups excluding carboxylic acids is 1. The van der Waals surface area contributed by atoms with E-state index in [-0.39, 0.29) is 11.3 Å². The van der Waals surface area contributed by atoms with Crippen LogP contribution in [0.25, 0.3) is 0 Å². The fraction of sp³-hybridized carbons (Fsp3) is 0.235. The van der Waals surface area contributed by atoms with Gasteiger partial charge in [-0.15, -0.1) is 0 Å². The second-order valence-electron chi connectivity index (χ2n) is 5.57. The Bertz CT molecular complexity index is 913. The molecule has 1 amide bonds. The molecule has 0 aliphatic heterocycles. The second-order valence-corrected chi connectivity index (χ2v) is 7.28. The highest BCUT2D eigenvalue weighted by Crippen LogP contribution is 2.34. The van der Waals surface area contributed by atoms with Crippen molar-refractivity contribution in [3.63, 3.8) is 0 Å². The molecule has 1 atom stereocenters. The first-order chi connectivity index (χ1) is 12.5. The van der Waals surface area contributed by atoms with Gasteiger partial charge in [0.2, 0.25) is 15.9 Å². The summed E-state index contributed by atoms with van der Waals surface area (Å²) in [6.45, 7) is 1.49. The minimum Gasteiger partial charge on any atom is -0.324 e. The van der Waals surface area contributed by atoms with Crippen molar-refractivity contribution < 1.29 is 30.8 Å². The Labute approximate surface area is 153 Å².